The van der Waals surface area contributed by atoms with Crippen molar-refractivity contribution in [1.82, 2.24) is 5.32 Å². The molecule has 1 aromatic carbocycles. The number of benzene rings is 1. The summed E-state index contributed by atoms with van der Waals surface area (Å²) in [5, 5.41) is 2.55. The topological polar surface area (TPSA) is 29.1 Å². The van der Waals surface area contributed by atoms with Gasteiger partial charge in [-0.25, -0.2) is 0 Å². The van der Waals surface area contributed by atoms with Gasteiger partial charge in [0.15, 0.2) is 5.78 Å². The van der Waals surface area contributed by atoms with Crippen molar-refractivity contribution in [1.29, 1.82) is 0 Å². The van der Waals surface area contributed by atoms with Crippen molar-refractivity contribution in [3.8, 4) is 0 Å². The summed E-state index contributed by atoms with van der Waals surface area (Å²) in [5.74, 6) is -0.641. The van der Waals surface area contributed by atoms with E-state index < -0.39 is 17.5 Å². The summed E-state index contributed by atoms with van der Waals surface area (Å²) in [6.45, 7) is 0. The number of hydrogen-bond donors (Lipinski definition) is 1. The van der Waals surface area contributed by atoms with Crippen LogP contribution in [0.1, 0.15) is 22.3 Å². The minimum Gasteiger partial charge on any atom is -0.382 e. The predicted octanol–water partition coefficient (Wildman–Crippen LogP) is 2.83. The predicted molar refractivity (Wildman–Crippen MR) is 62.0 cm³/mol. The highest BCUT2D eigenvalue weighted by Gasteiger charge is 2.34. The molecule has 6 heteroatoms. The second kappa shape index (κ2) is 5.27. The molecule has 17 heavy (non-hydrogen) atoms. The van der Waals surface area contributed by atoms with Gasteiger partial charge in [-0.15, -0.1) is 0 Å². The van der Waals surface area contributed by atoms with Crippen molar-refractivity contribution < 1.29 is 18.0 Å². The van der Waals surface area contributed by atoms with Crippen LogP contribution in [0.15, 0.2) is 24.3 Å². The first-order valence-corrected chi connectivity index (χ1v) is 5.17. The fourth-order valence-electron chi connectivity index (χ4n) is 1.30. The quantitative estimate of drug-likeness (QED) is 0.670. The van der Waals surface area contributed by atoms with Crippen LogP contribution in [-0.4, -0.2) is 17.8 Å². The average molecular weight is 261 g/mol. The number of thiocarbonyl (C=S) groups is 1. The molecule has 1 N–H and O–H groups in total. The molecule has 0 aliphatic rings. The fraction of sp³-hybridized carbons (Fsp3) is 0.273. The number of ketones is 1. The number of alkyl halides is 3. The van der Waals surface area contributed by atoms with Crippen molar-refractivity contribution in [3.63, 3.8) is 0 Å². The molecule has 0 fully saturated rings. The van der Waals surface area contributed by atoms with Gasteiger partial charge in [-0.05, 0) is 6.07 Å². The molecule has 2 nitrogen and oxygen atoms in total. The number of rotatable bonds is 3. The van der Waals surface area contributed by atoms with E-state index in [2.05, 4.69) is 5.32 Å². The molecule has 0 radical (unpaired) electrons. The molecule has 0 aromatic heterocycles. The zero-order valence-electron chi connectivity index (χ0n) is 8.97. The third-order valence-corrected chi connectivity index (χ3v) is 2.48. The second-order valence-corrected chi connectivity index (χ2v) is 3.81. The van der Waals surface area contributed by atoms with Gasteiger partial charge in [-0.1, -0.05) is 30.4 Å². The molecule has 0 aliphatic carbocycles. The molecule has 0 bridgehead atoms. The normalized spacial score (nSPS) is 11.1. The first-order chi connectivity index (χ1) is 7.86. The van der Waals surface area contributed by atoms with E-state index in [1.54, 1.807) is 0 Å². The van der Waals surface area contributed by atoms with Crippen molar-refractivity contribution in [2.45, 2.75) is 12.6 Å². The minimum absolute atomic E-state index is 0.215. The standard InChI is InChI=1S/C11H10F3NOS/c1-15-10(17)6-9(16)7-4-2-3-5-8(7)11(12,13)14/h2-5H,6H2,1H3,(H,15,17). The number of halogens is 3. The highest BCUT2D eigenvalue weighted by Crippen LogP contribution is 2.32. The Labute approximate surface area is 102 Å². The SMILES string of the molecule is CNC(=S)CC(=O)c1ccccc1C(F)(F)F. The van der Waals surface area contributed by atoms with Crippen molar-refractivity contribution in [2.24, 2.45) is 0 Å². The van der Waals surface area contributed by atoms with Crippen LogP contribution in [0, 0.1) is 0 Å². The average Bonchev–Trinajstić information content (AvgIpc) is 2.27. The molecular weight excluding hydrogens is 251 g/mol. The fourth-order valence-corrected chi connectivity index (χ4v) is 1.43. The highest BCUT2D eigenvalue weighted by molar-refractivity contribution is 7.80. The summed E-state index contributed by atoms with van der Waals surface area (Å²) in [6.07, 6.45) is -4.76. The second-order valence-electron chi connectivity index (χ2n) is 3.32. The van der Waals surface area contributed by atoms with Crippen LogP contribution in [0.2, 0.25) is 0 Å². The van der Waals surface area contributed by atoms with Crippen LogP contribution in [0.5, 0.6) is 0 Å². The first-order valence-electron chi connectivity index (χ1n) is 4.76. The molecule has 0 amide bonds. The lowest BCUT2D eigenvalue weighted by molar-refractivity contribution is -0.137. The van der Waals surface area contributed by atoms with Gasteiger partial charge in [-0.3, -0.25) is 4.79 Å². The van der Waals surface area contributed by atoms with Crippen molar-refractivity contribution in [2.75, 3.05) is 7.05 Å². The van der Waals surface area contributed by atoms with E-state index in [-0.39, 0.29) is 17.0 Å². The maximum absolute atomic E-state index is 12.6. The van der Waals surface area contributed by atoms with E-state index in [4.69, 9.17) is 12.2 Å². The molecule has 0 saturated heterocycles. The van der Waals surface area contributed by atoms with E-state index in [1.807, 2.05) is 0 Å². The Balaban J connectivity index is 3.06. The van der Waals surface area contributed by atoms with Crippen molar-refractivity contribution >= 4 is 23.0 Å². The van der Waals surface area contributed by atoms with Gasteiger partial charge in [0, 0.05) is 12.6 Å². The molecule has 1 rings (SSSR count). The summed E-state index contributed by atoms with van der Waals surface area (Å²) in [4.78, 5) is 11.9. The third-order valence-electron chi connectivity index (χ3n) is 2.13. The van der Waals surface area contributed by atoms with E-state index in [0.717, 1.165) is 12.1 Å². The molecule has 0 aliphatic heterocycles. The Morgan fingerprint density at radius 1 is 1.35 bits per heavy atom. The number of Topliss-reactive ketones (excluding diaryl/α,β-unsaturated/α-hetero) is 1. The minimum atomic E-state index is -4.53. The highest BCUT2D eigenvalue weighted by atomic mass is 32.1. The molecule has 92 valence electrons. The number of hydrogen-bond acceptors (Lipinski definition) is 2. The van der Waals surface area contributed by atoms with E-state index in [1.165, 1.54) is 19.2 Å². The Kier molecular flexibility index (Phi) is 4.22. The van der Waals surface area contributed by atoms with Crippen LogP contribution >= 0.6 is 12.2 Å². The Hall–Kier alpha value is -1.43. The maximum Gasteiger partial charge on any atom is 0.417 e. The summed E-state index contributed by atoms with van der Waals surface area (Å²) in [5.41, 5.74) is -1.28. The summed E-state index contributed by atoms with van der Waals surface area (Å²) in [7, 11) is 1.52. The lowest BCUT2D eigenvalue weighted by Crippen LogP contribution is -2.21. The zero-order valence-corrected chi connectivity index (χ0v) is 9.78. The van der Waals surface area contributed by atoms with Crippen LogP contribution in [-0.2, 0) is 6.18 Å². The lowest BCUT2D eigenvalue weighted by Gasteiger charge is -2.11. The monoisotopic (exact) mass is 261 g/mol. The van der Waals surface area contributed by atoms with Crippen LogP contribution in [0.4, 0.5) is 13.2 Å². The third kappa shape index (κ3) is 3.52. The Bertz CT molecular complexity index is 443. The lowest BCUT2D eigenvalue weighted by atomic mass is 10.0. The summed E-state index contributed by atoms with van der Waals surface area (Å²) < 4.78 is 37.9. The van der Waals surface area contributed by atoms with Gasteiger partial charge in [0.1, 0.15) is 0 Å². The molecule has 0 saturated carbocycles. The van der Waals surface area contributed by atoms with Gasteiger partial charge in [0.2, 0.25) is 0 Å². The van der Waals surface area contributed by atoms with Gasteiger partial charge in [0.25, 0.3) is 0 Å². The van der Waals surface area contributed by atoms with Crippen molar-refractivity contribution in [3.05, 3.63) is 35.4 Å². The smallest absolute Gasteiger partial charge is 0.382 e. The molecular formula is C11H10F3NOS. The Morgan fingerprint density at radius 3 is 2.47 bits per heavy atom. The summed E-state index contributed by atoms with van der Waals surface area (Å²) >= 11 is 4.75. The van der Waals surface area contributed by atoms with E-state index >= 15 is 0 Å². The zero-order chi connectivity index (χ0) is 13.1. The van der Waals surface area contributed by atoms with Gasteiger partial charge in [0.05, 0.1) is 17.0 Å². The molecule has 1 aromatic rings. The molecule has 0 atom stereocenters. The van der Waals surface area contributed by atoms with Crippen LogP contribution < -0.4 is 5.32 Å². The Morgan fingerprint density at radius 2 is 1.94 bits per heavy atom. The van der Waals surface area contributed by atoms with E-state index in [0.29, 0.717) is 0 Å². The number of nitrogens with one attached hydrogen (secondary N) is 1. The molecule has 0 heterocycles. The van der Waals surface area contributed by atoms with E-state index in [9.17, 15) is 18.0 Å². The number of carbonyl (C=O) groups excluding carboxylic acids is 1. The number of carbonyl (C=O) groups is 1. The first kappa shape index (κ1) is 13.6. The largest absolute Gasteiger partial charge is 0.417 e. The molecule has 0 spiro atoms. The van der Waals surface area contributed by atoms with Crippen LogP contribution in [0.25, 0.3) is 0 Å². The van der Waals surface area contributed by atoms with Gasteiger partial charge >= 0.3 is 6.18 Å². The van der Waals surface area contributed by atoms with Crippen LogP contribution in [0.3, 0.4) is 0 Å². The summed E-state index contributed by atoms with van der Waals surface area (Å²) in [6, 6.07) is 4.68. The molecule has 0 unspecified atom stereocenters. The van der Waals surface area contributed by atoms with Gasteiger partial charge < -0.3 is 5.32 Å². The van der Waals surface area contributed by atoms with Gasteiger partial charge in [-0.2, -0.15) is 13.2 Å². The maximum atomic E-state index is 12.6.